The maximum absolute atomic E-state index is 12.6. The Labute approximate surface area is 199 Å². The number of aliphatic imine (C=N–C) groups is 2. The van der Waals surface area contributed by atoms with Crippen molar-refractivity contribution < 1.29 is 14.3 Å². The highest BCUT2D eigenvalue weighted by Crippen LogP contribution is 2.24. The molecule has 8 nitrogen and oxygen atoms in total. The van der Waals surface area contributed by atoms with Gasteiger partial charge in [0.25, 0.3) is 0 Å². The van der Waals surface area contributed by atoms with Crippen LogP contribution in [0.5, 0.6) is 0 Å². The van der Waals surface area contributed by atoms with Gasteiger partial charge in [-0.25, -0.2) is 4.99 Å². The van der Waals surface area contributed by atoms with Crippen molar-refractivity contribution in [2.45, 2.75) is 12.8 Å². The molecule has 8 heteroatoms. The summed E-state index contributed by atoms with van der Waals surface area (Å²) in [6, 6.07) is 16.0. The van der Waals surface area contributed by atoms with Crippen LogP contribution in [0.1, 0.15) is 12.8 Å². The van der Waals surface area contributed by atoms with E-state index < -0.39 is 0 Å². The Kier molecular flexibility index (Phi) is 6.78. The number of hydrogen-bond donors (Lipinski definition) is 1. The first-order chi connectivity index (χ1) is 16.7. The number of anilines is 2. The molecule has 0 radical (unpaired) electrons. The van der Waals surface area contributed by atoms with Gasteiger partial charge in [0.2, 0.25) is 0 Å². The van der Waals surface area contributed by atoms with Crippen molar-refractivity contribution in [2.24, 2.45) is 9.98 Å². The van der Waals surface area contributed by atoms with E-state index in [9.17, 15) is 4.79 Å². The van der Waals surface area contributed by atoms with Crippen LogP contribution in [0.3, 0.4) is 0 Å². The SMILES string of the molecule is N=C1CC(=O)C(=Nc2ccc(N3CCOCC3)cc2)CC1=Nc1ccc(N2CCOCC2)cc1. The molecule has 0 bridgehead atoms. The van der Waals surface area contributed by atoms with E-state index in [1.54, 1.807) is 0 Å². The predicted octanol–water partition coefficient (Wildman–Crippen LogP) is 3.59. The summed E-state index contributed by atoms with van der Waals surface area (Å²) in [5.41, 5.74) is 5.11. The summed E-state index contributed by atoms with van der Waals surface area (Å²) in [4.78, 5) is 26.4. The van der Waals surface area contributed by atoms with E-state index in [1.165, 1.54) is 0 Å². The lowest BCUT2D eigenvalue weighted by atomic mass is 9.93. The van der Waals surface area contributed by atoms with Gasteiger partial charge in [-0.15, -0.1) is 0 Å². The van der Waals surface area contributed by atoms with Crippen molar-refractivity contribution in [1.82, 2.24) is 0 Å². The summed E-state index contributed by atoms with van der Waals surface area (Å²) in [6.07, 6.45) is 0.309. The molecule has 0 unspecified atom stereocenters. The van der Waals surface area contributed by atoms with Crippen LogP contribution in [0.15, 0.2) is 58.5 Å². The number of ketones is 1. The van der Waals surface area contributed by atoms with E-state index in [2.05, 4.69) is 19.8 Å². The summed E-state index contributed by atoms with van der Waals surface area (Å²) >= 11 is 0. The first-order valence-electron chi connectivity index (χ1n) is 11.8. The molecular weight excluding hydrogens is 430 g/mol. The van der Waals surface area contributed by atoms with Crippen LogP contribution in [0.2, 0.25) is 0 Å². The van der Waals surface area contributed by atoms with E-state index in [1.807, 2.05) is 48.5 Å². The normalized spacial score (nSPS) is 22.0. The van der Waals surface area contributed by atoms with Gasteiger partial charge >= 0.3 is 0 Å². The minimum Gasteiger partial charge on any atom is -0.378 e. The Morgan fingerprint density at radius 1 is 0.647 bits per heavy atom. The van der Waals surface area contributed by atoms with Gasteiger partial charge in [0.05, 0.1) is 61.4 Å². The molecule has 3 aliphatic rings. The van der Waals surface area contributed by atoms with Gasteiger partial charge in [-0.05, 0) is 48.5 Å². The summed E-state index contributed by atoms with van der Waals surface area (Å²) in [5.74, 6) is -0.108. The monoisotopic (exact) mass is 459 g/mol. The summed E-state index contributed by atoms with van der Waals surface area (Å²) in [5, 5.41) is 8.30. The van der Waals surface area contributed by atoms with Gasteiger partial charge in [-0.2, -0.15) is 0 Å². The van der Waals surface area contributed by atoms with E-state index >= 15 is 0 Å². The van der Waals surface area contributed by atoms with Gasteiger partial charge in [-0.1, -0.05) is 0 Å². The van der Waals surface area contributed by atoms with E-state index in [0.717, 1.165) is 75.4 Å². The number of ether oxygens (including phenoxy) is 2. The molecule has 5 rings (SSSR count). The Morgan fingerprint density at radius 3 is 1.56 bits per heavy atom. The molecular formula is C26H29N5O3. The lowest BCUT2D eigenvalue weighted by Crippen LogP contribution is -2.36. The minimum absolute atomic E-state index is 0.0371. The average molecular weight is 460 g/mol. The van der Waals surface area contributed by atoms with E-state index in [-0.39, 0.29) is 24.3 Å². The number of nitrogens with zero attached hydrogens (tertiary/aromatic N) is 4. The van der Waals surface area contributed by atoms with Crippen LogP contribution >= 0.6 is 0 Å². The first-order valence-corrected chi connectivity index (χ1v) is 11.8. The summed E-state index contributed by atoms with van der Waals surface area (Å²) in [7, 11) is 0. The van der Waals surface area contributed by atoms with Crippen LogP contribution in [-0.2, 0) is 14.3 Å². The van der Waals surface area contributed by atoms with Crippen molar-refractivity contribution in [3.63, 3.8) is 0 Å². The number of benzene rings is 2. The second-order valence-corrected chi connectivity index (χ2v) is 8.60. The van der Waals surface area contributed by atoms with Gasteiger partial charge in [0.15, 0.2) is 5.78 Å². The highest BCUT2D eigenvalue weighted by Gasteiger charge is 2.26. The third-order valence-corrected chi connectivity index (χ3v) is 6.32. The fourth-order valence-electron chi connectivity index (χ4n) is 4.37. The average Bonchev–Trinajstić information content (AvgIpc) is 2.89. The Hall–Kier alpha value is -3.36. The molecule has 1 N–H and O–H groups in total. The van der Waals surface area contributed by atoms with E-state index in [0.29, 0.717) is 11.4 Å². The first kappa shape index (κ1) is 22.4. The Bertz CT molecular complexity index is 1010. The number of carbonyl (C=O) groups excluding carboxylic acids is 1. The standard InChI is InChI=1S/C26H29N5O3/c27-23-17-26(32)25(29-20-3-7-22(8-4-20)31-11-15-34-16-12-31)18-24(23)28-19-1-5-21(6-2-19)30-9-13-33-14-10-30/h1-8,27H,9-18H2. The molecule has 3 fully saturated rings. The number of morpholine rings is 2. The molecule has 1 aliphatic carbocycles. The zero-order chi connectivity index (χ0) is 23.3. The van der Waals surface area contributed by atoms with Crippen molar-refractivity contribution >= 4 is 45.7 Å². The van der Waals surface area contributed by atoms with Crippen LogP contribution in [0, 0.1) is 5.41 Å². The zero-order valence-corrected chi connectivity index (χ0v) is 19.2. The number of hydrogen-bond acceptors (Lipinski definition) is 8. The Morgan fingerprint density at radius 2 is 1.09 bits per heavy atom. The molecule has 2 saturated heterocycles. The van der Waals surface area contributed by atoms with Crippen molar-refractivity contribution in [3.05, 3.63) is 48.5 Å². The summed E-state index contributed by atoms with van der Waals surface area (Å²) < 4.78 is 10.8. The molecule has 0 amide bonds. The lowest BCUT2D eigenvalue weighted by molar-refractivity contribution is -0.112. The van der Waals surface area contributed by atoms with Gasteiger partial charge < -0.3 is 24.7 Å². The van der Waals surface area contributed by atoms with Crippen molar-refractivity contribution in [3.8, 4) is 0 Å². The second-order valence-electron chi connectivity index (χ2n) is 8.60. The maximum atomic E-state index is 12.6. The van der Waals surface area contributed by atoms with Gasteiger partial charge in [-0.3, -0.25) is 9.79 Å². The quantitative estimate of drug-likeness (QED) is 0.755. The van der Waals surface area contributed by atoms with Crippen LogP contribution in [0.25, 0.3) is 0 Å². The van der Waals surface area contributed by atoms with Crippen molar-refractivity contribution in [2.75, 3.05) is 62.4 Å². The van der Waals surface area contributed by atoms with Crippen LogP contribution < -0.4 is 9.80 Å². The fourth-order valence-corrected chi connectivity index (χ4v) is 4.37. The number of carbonyl (C=O) groups is 1. The zero-order valence-electron chi connectivity index (χ0n) is 19.2. The third kappa shape index (κ3) is 5.24. The Balaban J connectivity index is 1.30. The minimum atomic E-state index is -0.108. The van der Waals surface area contributed by atoms with Gasteiger partial charge in [0.1, 0.15) is 0 Å². The molecule has 34 heavy (non-hydrogen) atoms. The molecule has 0 spiro atoms. The molecule has 0 aromatic heterocycles. The molecule has 2 aromatic rings. The van der Waals surface area contributed by atoms with Crippen LogP contribution in [0.4, 0.5) is 22.7 Å². The topological polar surface area (TPSA) is 90.6 Å². The second kappa shape index (κ2) is 10.3. The smallest absolute Gasteiger partial charge is 0.183 e. The van der Waals surface area contributed by atoms with Crippen molar-refractivity contribution in [1.29, 1.82) is 5.41 Å². The highest BCUT2D eigenvalue weighted by atomic mass is 16.5. The van der Waals surface area contributed by atoms with E-state index in [4.69, 9.17) is 14.9 Å². The third-order valence-electron chi connectivity index (χ3n) is 6.32. The molecule has 176 valence electrons. The molecule has 0 atom stereocenters. The van der Waals surface area contributed by atoms with Crippen LogP contribution in [-0.4, -0.2) is 75.5 Å². The molecule has 2 aliphatic heterocycles. The van der Waals surface area contributed by atoms with Gasteiger partial charge in [0, 0.05) is 44.0 Å². The maximum Gasteiger partial charge on any atom is 0.183 e. The number of nitrogens with one attached hydrogen (secondary N) is 1. The number of Topliss-reactive ketones (excluding diaryl/α,β-unsaturated/α-hetero) is 1. The largest absolute Gasteiger partial charge is 0.378 e. The molecule has 2 aromatic carbocycles. The highest BCUT2D eigenvalue weighted by molar-refractivity contribution is 6.61. The summed E-state index contributed by atoms with van der Waals surface area (Å²) in [6.45, 7) is 6.48. The number of rotatable bonds is 4. The molecule has 2 heterocycles. The lowest BCUT2D eigenvalue weighted by Gasteiger charge is -2.28. The fraction of sp³-hybridized carbons (Fsp3) is 0.385. The molecule has 1 saturated carbocycles. The predicted molar refractivity (Wildman–Crippen MR) is 135 cm³/mol.